The number of thiocarbonyl (C=S) groups is 1. The largest absolute Gasteiger partial charge is 0.375 e. The van der Waals surface area contributed by atoms with Crippen LogP contribution in [0.5, 0.6) is 0 Å². The number of nitrogens with zero attached hydrogens (tertiary/aromatic N) is 2. The molecule has 0 bridgehead atoms. The second-order valence-corrected chi connectivity index (χ2v) is 7.15. The van der Waals surface area contributed by atoms with Crippen LogP contribution in [0.3, 0.4) is 0 Å². The van der Waals surface area contributed by atoms with Gasteiger partial charge in [-0.3, -0.25) is 15.2 Å². The van der Waals surface area contributed by atoms with Crippen molar-refractivity contribution in [2.45, 2.75) is 23.1 Å². The Hall–Kier alpha value is -2.25. The lowest BCUT2D eigenvalue weighted by molar-refractivity contribution is -0.122. The molecule has 1 heterocycles. The number of carbonyl (C=O) groups excluding carboxylic acids is 1. The fourth-order valence-corrected chi connectivity index (χ4v) is 3.96. The maximum absolute atomic E-state index is 12.6. The maximum Gasteiger partial charge on any atom is 0.258 e. The molecule has 0 fully saturated rings. The first kappa shape index (κ1) is 17.6. The van der Waals surface area contributed by atoms with Crippen molar-refractivity contribution in [1.82, 2.24) is 10.4 Å². The van der Waals surface area contributed by atoms with Gasteiger partial charge in [0.15, 0.2) is 5.11 Å². The summed E-state index contributed by atoms with van der Waals surface area (Å²) in [5.41, 5.74) is 10.5. The van der Waals surface area contributed by atoms with E-state index in [1.165, 1.54) is 5.01 Å². The fraction of sp³-hybridized carbons (Fsp3) is 0.222. The maximum atomic E-state index is 12.6. The number of para-hydroxylation sites is 2. The third-order valence-corrected chi connectivity index (χ3v) is 5.16. The second kappa shape index (κ2) is 7.76. The quantitative estimate of drug-likeness (QED) is 0.634. The Bertz CT molecular complexity index is 751. The van der Waals surface area contributed by atoms with Crippen molar-refractivity contribution >= 4 is 46.4 Å². The molecule has 0 spiro atoms. The molecule has 0 atom stereocenters. The number of rotatable bonds is 4. The minimum absolute atomic E-state index is 0.155. The summed E-state index contributed by atoms with van der Waals surface area (Å²) >= 11 is 6.72. The average Bonchev–Trinajstić information content (AvgIpc) is 2.61. The number of nitrogens with two attached hydrogens (primary N) is 1. The summed E-state index contributed by atoms with van der Waals surface area (Å²) < 4.78 is 0. The number of anilines is 2. The molecular weight excluding hydrogens is 352 g/mol. The summed E-state index contributed by atoms with van der Waals surface area (Å²) in [5, 5.41) is 1.69. The zero-order valence-electron chi connectivity index (χ0n) is 13.9. The van der Waals surface area contributed by atoms with Gasteiger partial charge in [0.05, 0.1) is 11.4 Å². The number of carbonyl (C=O) groups is 1. The molecule has 2 aromatic rings. The van der Waals surface area contributed by atoms with E-state index in [0.29, 0.717) is 6.54 Å². The van der Waals surface area contributed by atoms with Gasteiger partial charge in [-0.05, 0) is 42.9 Å². The normalized spacial score (nSPS) is 12.1. The molecule has 0 aliphatic carbocycles. The highest BCUT2D eigenvalue weighted by molar-refractivity contribution is 7.99. The van der Waals surface area contributed by atoms with Crippen LogP contribution >= 0.6 is 24.0 Å². The number of hydrogen-bond donors (Lipinski definition) is 2. The van der Waals surface area contributed by atoms with Crippen LogP contribution in [0.25, 0.3) is 0 Å². The Morgan fingerprint density at radius 2 is 1.72 bits per heavy atom. The smallest absolute Gasteiger partial charge is 0.258 e. The van der Waals surface area contributed by atoms with E-state index in [1.54, 1.807) is 11.8 Å². The van der Waals surface area contributed by atoms with Crippen molar-refractivity contribution in [3.63, 3.8) is 0 Å². The number of hydrazine groups is 1. The fourth-order valence-electron chi connectivity index (χ4n) is 2.73. The lowest BCUT2D eigenvalue weighted by Crippen LogP contribution is -2.51. The van der Waals surface area contributed by atoms with E-state index >= 15 is 0 Å². The topological polar surface area (TPSA) is 61.6 Å². The van der Waals surface area contributed by atoms with Gasteiger partial charge < -0.3 is 10.6 Å². The molecule has 25 heavy (non-hydrogen) atoms. The number of amides is 1. The van der Waals surface area contributed by atoms with Crippen LogP contribution < -0.4 is 16.1 Å². The SMILES string of the molecule is CCCN(NC(=O)CN1c2ccccc2Sc2ccccc21)C(N)=S. The van der Waals surface area contributed by atoms with E-state index in [0.717, 1.165) is 27.6 Å². The van der Waals surface area contributed by atoms with Gasteiger partial charge in [-0.15, -0.1) is 0 Å². The van der Waals surface area contributed by atoms with Gasteiger partial charge in [0, 0.05) is 16.3 Å². The first-order valence-electron chi connectivity index (χ1n) is 8.10. The lowest BCUT2D eigenvalue weighted by atomic mass is 10.2. The van der Waals surface area contributed by atoms with Crippen LogP contribution in [0.4, 0.5) is 11.4 Å². The molecule has 0 saturated carbocycles. The highest BCUT2D eigenvalue weighted by atomic mass is 32.2. The lowest BCUT2D eigenvalue weighted by Gasteiger charge is -2.33. The van der Waals surface area contributed by atoms with Crippen LogP contribution in [-0.4, -0.2) is 29.1 Å². The summed E-state index contributed by atoms with van der Waals surface area (Å²) in [6.07, 6.45) is 0.837. The highest BCUT2D eigenvalue weighted by Crippen LogP contribution is 2.47. The van der Waals surface area contributed by atoms with Crippen molar-refractivity contribution in [2.24, 2.45) is 5.73 Å². The summed E-state index contributed by atoms with van der Waals surface area (Å²) in [7, 11) is 0. The monoisotopic (exact) mass is 372 g/mol. The van der Waals surface area contributed by atoms with Crippen LogP contribution in [0.1, 0.15) is 13.3 Å². The van der Waals surface area contributed by atoms with E-state index in [2.05, 4.69) is 17.6 Å². The first-order chi connectivity index (χ1) is 12.1. The Labute approximate surface area is 157 Å². The van der Waals surface area contributed by atoms with Crippen molar-refractivity contribution < 1.29 is 4.79 Å². The third kappa shape index (κ3) is 3.88. The first-order valence-corrected chi connectivity index (χ1v) is 9.32. The number of hydrogen-bond acceptors (Lipinski definition) is 4. The number of benzene rings is 2. The van der Waals surface area contributed by atoms with Gasteiger partial charge in [0.25, 0.3) is 5.91 Å². The van der Waals surface area contributed by atoms with Crippen LogP contribution in [0.15, 0.2) is 58.3 Å². The molecule has 0 saturated heterocycles. The second-order valence-electron chi connectivity index (χ2n) is 5.65. The summed E-state index contributed by atoms with van der Waals surface area (Å²) in [4.78, 5) is 16.9. The molecule has 1 amide bonds. The molecule has 7 heteroatoms. The zero-order chi connectivity index (χ0) is 17.8. The predicted octanol–water partition coefficient (Wildman–Crippen LogP) is 3.28. The van der Waals surface area contributed by atoms with Gasteiger partial charge in [-0.1, -0.05) is 43.0 Å². The van der Waals surface area contributed by atoms with Gasteiger partial charge in [-0.2, -0.15) is 0 Å². The molecule has 3 N–H and O–H groups in total. The Kier molecular flexibility index (Phi) is 5.45. The molecule has 0 radical (unpaired) electrons. The van der Waals surface area contributed by atoms with E-state index in [9.17, 15) is 4.79 Å². The summed E-state index contributed by atoms with van der Waals surface area (Å²) in [5.74, 6) is -0.155. The van der Waals surface area contributed by atoms with Crippen molar-refractivity contribution in [3.8, 4) is 0 Å². The Morgan fingerprint density at radius 1 is 1.16 bits per heavy atom. The van der Waals surface area contributed by atoms with Crippen LogP contribution in [0, 0.1) is 0 Å². The Morgan fingerprint density at radius 3 is 2.24 bits per heavy atom. The van der Waals surface area contributed by atoms with Crippen molar-refractivity contribution in [3.05, 3.63) is 48.5 Å². The minimum Gasteiger partial charge on any atom is -0.375 e. The van der Waals surface area contributed by atoms with Crippen LogP contribution in [-0.2, 0) is 4.79 Å². The molecule has 3 rings (SSSR count). The van der Waals surface area contributed by atoms with Crippen LogP contribution in [0.2, 0.25) is 0 Å². The molecular formula is C18H20N4OS2. The summed E-state index contributed by atoms with van der Waals surface area (Å²) in [6.45, 7) is 2.79. The third-order valence-electron chi connectivity index (χ3n) is 3.81. The molecule has 1 aliphatic rings. The molecule has 2 aromatic carbocycles. The number of fused-ring (bicyclic) bond motifs is 2. The molecule has 0 unspecified atom stereocenters. The standard InChI is InChI=1S/C18H20N4OS2/c1-2-11-22(18(19)24)20-17(23)12-21-13-7-3-5-9-15(13)25-16-10-6-4-8-14(16)21/h3-10H,2,11-12H2,1H3,(H2,19,24)(H,20,23). The van der Waals surface area contributed by atoms with Crippen molar-refractivity contribution in [2.75, 3.05) is 18.0 Å². The van der Waals surface area contributed by atoms with E-state index in [1.807, 2.05) is 48.2 Å². The van der Waals surface area contributed by atoms with Gasteiger partial charge in [0.2, 0.25) is 0 Å². The van der Waals surface area contributed by atoms with Gasteiger partial charge in [0.1, 0.15) is 6.54 Å². The molecule has 0 aromatic heterocycles. The van der Waals surface area contributed by atoms with Gasteiger partial charge in [-0.25, -0.2) is 0 Å². The number of nitrogens with one attached hydrogen (secondary N) is 1. The molecule has 130 valence electrons. The molecule has 5 nitrogen and oxygen atoms in total. The Balaban J connectivity index is 1.84. The van der Waals surface area contributed by atoms with E-state index in [-0.39, 0.29) is 17.6 Å². The van der Waals surface area contributed by atoms with E-state index < -0.39 is 0 Å². The zero-order valence-corrected chi connectivity index (χ0v) is 15.6. The average molecular weight is 373 g/mol. The van der Waals surface area contributed by atoms with Gasteiger partial charge >= 0.3 is 0 Å². The summed E-state index contributed by atoms with van der Waals surface area (Å²) in [6, 6.07) is 16.2. The molecule has 1 aliphatic heterocycles. The predicted molar refractivity (Wildman–Crippen MR) is 106 cm³/mol. The highest BCUT2D eigenvalue weighted by Gasteiger charge is 2.25. The van der Waals surface area contributed by atoms with E-state index in [4.69, 9.17) is 18.0 Å². The minimum atomic E-state index is -0.155. The van der Waals surface area contributed by atoms with Crippen molar-refractivity contribution in [1.29, 1.82) is 0 Å².